The van der Waals surface area contributed by atoms with Gasteiger partial charge < -0.3 is 24.0 Å². The lowest BCUT2D eigenvalue weighted by molar-refractivity contribution is 0.0729. The molecule has 0 amide bonds. The number of hydrogen-bond donors (Lipinski definition) is 1. The summed E-state index contributed by atoms with van der Waals surface area (Å²) in [4.78, 5) is 30.6. The van der Waals surface area contributed by atoms with Crippen LogP contribution in [-0.4, -0.2) is 73.6 Å². The first-order valence-electron chi connectivity index (χ1n) is 12.3. The van der Waals surface area contributed by atoms with Gasteiger partial charge in [0.15, 0.2) is 11.5 Å². The average Bonchev–Trinajstić information content (AvgIpc) is 3.50. The van der Waals surface area contributed by atoms with Crippen LogP contribution in [-0.2, 0) is 4.74 Å². The molecule has 0 radical (unpaired) electrons. The molecule has 0 bridgehead atoms. The van der Waals surface area contributed by atoms with Crippen LogP contribution in [0, 0.1) is 0 Å². The predicted molar refractivity (Wildman–Crippen MR) is 140 cm³/mol. The highest BCUT2D eigenvalue weighted by Crippen LogP contribution is 2.28. The maximum atomic E-state index is 12.4. The summed E-state index contributed by atoms with van der Waals surface area (Å²) >= 11 is 0. The Morgan fingerprint density at radius 2 is 1.65 bits per heavy atom. The zero-order valence-corrected chi connectivity index (χ0v) is 20.7. The molecule has 0 spiro atoms. The Hall–Kier alpha value is -4.25. The smallest absolute Gasteiger partial charge is 0.343 e. The maximum absolute atomic E-state index is 12.4. The van der Waals surface area contributed by atoms with Crippen LogP contribution in [0.2, 0.25) is 0 Å². The molecule has 2 aliphatic rings. The van der Waals surface area contributed by atoms with Gasteiger partial charge in [-0.3, -0.25) is 0 Å². The molecule has 0 atom stereocenters. The number of nitrogens with zero attached hydrogens (tertiary/aromatic N) is 6. The maximum Gasteiger partial charge on any atom is 0.343 e. The van der Waals surface area contributed by atoms with Gasteiger partial charge in [-0.25, -0.2) is 10.2 Å². The number of aromatic nitrogens is 3. The Morgan fingerprint density at radius 1 is 0.946 bits per heavy atom. The molecule has 0 saturated carbocycles. The van der Waals surface area contributed by atoms with Crippen LogP contribution in [0.1, 0.15) is 28.8 Å². The minimum Gasteiger partial charge on any atom is -0.493 e. The number of ether oxygens (including phenoxy) is 3. The predicted octanol–water partition coefficient (Wildman–Crippen LogP) is 2.98. The molecule has 1 N–H and O–H groups in total. The third kappa shape index (κ3) is 6.12. The van der Waals surface area contributed by atoms with Crippen molar-refractivity contribution in [1.82, 2.24) is 15.0 Å². The van der Waals surface area contributed by atoms with Crippen LogP contribution in [0.25, 0.3) is 0 Å². The van der Waals surface area contributed by atoms with E-state index in [9.17, 15) is 4.79 Å². The van der Waals surface area contributed by atoms with Crippen molar-refractivity contribution in [2.24, 2.45) is 5.10 Å². The lowest BCUT2D eigenvalue weighted by Crippen LogP contribution is -2.38. The zero-order valence-electron chi connectivity index (χ0n) is 20.7. The van der Waals surface area contributed by atoms with Crippen LogP contribution in [0.4, 0.5) is 17.8 Å². The molecule has 0 aliphatic carbocycles. The van der Waals surface area contributed by atoms with E-state index in [1.807, 2.05) is 6.07 Å². The monoisotopic (exact) mass is 503 g/mol. The third-order valence-corrected chi connectivity index (χ3v) is 6.07. The van der Waals surface area contributed by atoms with Gasteiger partial charge in [-0.2, -0.15) is 20.1 Å². The number of rotatable bonds is 8. The summed E-state index contributed by atoms with van der Waals surface area (Å²) in [6.07, 6.45) is 3.87. The minimum absolute atomic E-state index is 0.323. The van der Waals surface area contributed by atoms with E-state index in [-0.39, 0.29) is 0 Å². The number of nitrogens with one attached hydrogen (secondary N) is 1. The summed E-state index contributed by atoms with van der Waals surface area (Å²) in [5.41, 5.74) is 4.14. The van der Waals surface area contributed by atoms with Gasteiger partial charge >= 0.3 is 5.97 Å². The second kappa shape index (κ2) is 11.7. The summed E-state index contributed by atoms with van der Waals surface area (Å²) in [6, 6.07) is 14.0. The molecular formula is C26H29N7O4. The Morgan fingerprint density at radius 3 is 2.35 bits per heavy atom. The molecule has 3 aromatic rings. The molecule has 2 aliphatic heterocycles. The van der Waals surface area contributed by atoms with Gasteiger partial charge in [-0.15, -0.1) is 0 Å². The van der Waals surface area contributed by atoms with Crippen molar-refractivity contribution in [2.75, 3.05) is 61.7 Å². The van der Waals surface area contributed by atoms with Crippen LogP contribution in [0.3, 0.4) is 0 Å². The number of esters is 1. The van der Waals surface area contributed by atoms with Crippen molar-refractivity contribution < 1.29 is 19.0 Å². The topological polar surface area (TPSA) is 114 Å². The second-order valence-electron chi connectivity index (χ2n) is 8.59. The average molecular weight is 504 g/mol. The molecule has 2 saturated heterocycles. The molecule has 5 rings (SSSR count). The van der Waals surface area contributed by atoms with E-state index < -0.39 is 5.97 Å². The number of hydrazone groups is 1. The molecule has 0 unspecified atom stereocenters. The summed E-state index contributed by atoms with van der Waals surface area (Å²) in [5.74, 6) is 1.92. The number of methoxy groups -OCH3 is 1. The van der Waals surface area contributed by atoms with Gasteiger partial charge in [0, 0.05) is 26.2 Å². The lowest BCUT2D eigenvalue weighted by atomic mass is 10.2. The zero-order chi connectivity index (χ0) is 25.5. The normalized spacial score (nSPS) is 15.7. The minimum atomic E-state index is -0.457. The van der Waals surface area contributed by atoms with Crippen LogP contribution in [0.5, 0.6) is 11.5 Å². The van der Waals surface area contributed by atoms with E-state index in [0.717, 1.165) is 44.6 Å². The summed E-state index contributed by atoms with van der Waals surface area (Å²) in [7, 11) is 1.52. The number of benzene rings is 2. The second-order valence-corrected chi connectivity index (χ2v) is 8.59. The van der Waals surface area contributed by atoms with Crippen LogP contribution < -0.4 is 24.7 Å². The van der Waals surface area contributed by atoms with Gasteiger partial charge in [0.05, 0.1) is 32.1 Å². The largest absolute Gasteiger partial charge is 0.493 e. The van der Waals surface area contributed by atoms with E-state index in [1.165, 1.54) is 7.11 Å². The summed E-state index contributed by atoms with van der Waals surface area (Å²) in [6.45, 7) is 4.60. The third-order valence-electron chi connectivity index (χ3n) is 6.07. The molecule has 11 nitrogen and oxygen atoms in total. The van der Waals surface area contributed by atoms with Crippen LogP contribution in [0.15, 0.2) is 53.6 Å². The Bertz CT molecular complexity index is 1240. The SMILES string of the molecule is COc1cc(/C=N\Nc2nc(N3CCCC3)nc(N3CCOCC3)n2)ccc1OC(=O)c1ccccc1. The molecule has 2 aromatic carbocycles. The number of carbonyl (C=O) groups excluding carboxylic acids is 1. The van der Waals surface area contributed by atoms with Gasteiger partial charge in [-0.1, -0.05) is 18.2 Å². The Balaban J connectivity index is 1.30. The van der Waals surface area contributed by atoms with Crippen molar-refractivity contribution >= 4 is 30.0 Å². The van der Waals surface area contributed by atoms with Gasteiger partial charge in [0.25, 0.3) is 0 Å². The Kier molecular flexibility index (Phi) is 7.70. The van der Waals surface area contributed by atoms with Crippen molar-refractivity contribution in [3.63, 3.8) is 0 Å². The highest BCUT2D eigenvalue weighted by molar-refractivity contribution is 5.91. The van der Waals surface area contributed by atoms with Crippen molar-refractivity contribution in [3.05, 3.63) is 59.7 Å². The number of hydrogen-bond acceptors (Lipinski definition) is 11. The van der Waals surface area contributed by atoms with E-state index in [4.69, 9.17) is 19.2 Å². The standard InChI is InChI=1S/C26H29N7O4/c1-35-22-17-19(9-10-21(22)37-23(34)20-7-3-2-4-8-20)18-27-31-24-28-25(32-11-5-6-12-32)30-26(29-24)33-13-15-36-16-14-33/h2-4,7-10,17-18H,5-6,11-16H2,1H3,(H,28,29,30,31)/b27-18-. The number of anilines is 3. The van der Waals surface area contributed by atoms with E-state index in [2.05, 4.69) is 30.3 Å². The fraction of sp³-hybridized carbons (Fsp3) is 0.346. The first kappa shape index (κ1) is 24.4. The Labute approximate surface area is 215 Å². The molecule has 1 aromatic heterocycles. The quantitative estimate of drug-likeness (QED) is 0.213. The summed E-state index contributed by atoms with van der Waals surface area (Å²) < 4.78 is 16.4. The van der Waals surface area contributed by atoms with E-state index >= 15 is 0 Å². The lowest BCUT2D eigenvalue weighted by Gasteiger charge is -2.27. The summed E-state index contributed by atoms with van der Waals surface area (Å²) in [5, 5.41) is 4.33. The molecular weight excluding hydrogens is 474 g/mol. The molecule has 192 valence electrons. The highest BCUT2D eigenvalue weighted by Gasteiger charge is 2.21. The van der Waals surface area contributed by atoms with Gasteiger partial charge in [0.2, 0.25) is 17.8 Å². The first-order chi connectivity index (χ1) is 18.2. The van der Waals surface area contributed by atoms with E-state index in [0.29, 0.717) is 48.1 Å². The number of carbonyl (C=O) groups is 1. The number of morpholine rings is 1. The first-order valence-corrected chi connectivity index (χ1v) is 12.3. The van der Waals surface area contributed by atoms with Crippen molar-refractivity contribution in [3.8, 4) is 11.5 Å². The fourth-order valence-electron chi connectivity index (χ4n) is 4.11. The van der Waals surface area contributed by atoms with Crippen LogP contribution >= 0.6 is 0 Å². The fourth-order valence-corrected chi connectivity index (χ4v) is 4.11. The van der Waals surface area contributed by atoms with Crippen molar-refractivity contribution in [2.45, 2.75) is 12.8 Å². The van der Waals surface area contributed by atoms with Gasteiger partial charge in [-0.05, 0) is 48.7 Å². The van der Waals surface area contributed by atoms with Crippen molar-refractivity contribution in [1.29, 1.82) is 0 Å². The highest BCUT2D eigenvalue weighted by atomic mass is 16.6. The molecule has 37 heavy (non-hydrogen) atoms. The molecule has 11 heteroatoms. The molecule has 3 heterocycles. The molecule has 2 fully saturated rings. The van der Waals surface area contributed by atoms with E-state index in [1.54, 1.807) is 48.7 Å². The van der Waals surface area contributed by atoms with Gasteiger partial charge in [0.1, 0.15) is 0 Å².